The molecule has 1 rings (SSSR count). The molecule has 106 valence electrons. The predicted molar refractivity (Wildman–Crippen MR) is 71.6 cm³/mol. The van der Waals surface area contributed by atoms with Crippen LogP contribution in [-0.4, -0.2) is 31.1 Å². The van der Waals surface area contributed by atoms with E-state index >= 15 is 0 Å². The summed E-state index contributed by atoms with van der Waals surface area (Å²) in [6.45, 7) is 3.40. The maximum absolute atomic E-state index is 11.8. The summed E-state index contributed by atoms with van der Waals surface area (Å²) < 4.78 is 29.0. The Morgan fingerprint density at radius 2 is 2.05 bits per heavy atom. The van der Waals surface area contributed by atoms with E-state index in [0.717, 1.165) is 6.07 Å². The number of rotatable bonds is 6. The van der Waals surface area contributed by atoms with Crippen LogP contribution in [0.3, 0.4) is 0 Å². The topological polar surface area (TPSA) is 86.5 Å². The first-order valence-corrected chi connectivity index (χ1v) is 7.70. The van der Waals surface area contributed by atoms with Crippen molar-refractivity contribution in [2.24, 2.45) is 0 Å². The summed E-state index contributed by atoms with van der Waals surface area (Å²) >= 11 is 5.42. The third-order valence-corrected chi connectivity index (χ3v) is 4.32. The Kier molecular flexibility index (Phi) is 5.13. The van der Waals surface area contributed by atoms with Crippen LogP contribution in [-0.2, 0) is 9.84 Å². The molecule has 0 aliphatic carbocycles. The number of halogens is 1. The zero-order chi connectivity index (χ0) is 14.6. The summed E-state index contributed by atoms with van der Waals surface area (Å²) in [5.74, 6) is -0.330. The number of hydrogen-bond donors (Lipinski definition) is 0. The molecule has 0 saturated carbocycles. The van der Waals surface area contributed by atoms with Gasteiger partial charge in [-0.15, -0.1) is 11.6 Å². The van der Waals surface area contributed by atoms with E-state index in [-0.39, 0.29) is 34.1 Å². The molecular weight excluding hydrogens is 294 g/mol. The molecule has 0 fully saturated rings. The fraction of sp³-hybridized carbons (Fsp3) is 0.455. The molecule has 1 aromatic carbocycles. The average molecular weight is 308 g/mol. The molecule has 0 bridgehead atoms. The molecule has 0 unspecified atom stereocenters. The Morgan fingerprint density at radius 3 is 2.53 bits per heavy atom. The number of alkyl halides is 1. The lowest BCUT2D eigenvalue weighted by molar-refractivity contribution is -0.386. The number of ether oxygens (including phenoxy) is 1. The van der Waals surface area contributed by atoms with Crippen molar-refractivity contribution in [3.8, 4) is 5.75 Å². The number of hydrogen-bond acceptors (Lipinski definition) is 5. The van der Waals surface area contributed by atoms with Crippen molar-refractivity contribution < 1.29 is 18.1 Å². The molecule has 0 saturated heterocycles. The fourth-order valence-electron chi connectivity index (χ4n) is 1.41. The summed E-state index contributed by atoms with van der Waals surface area (Å²) in [6, 6.07) is 3.48. The van der Waals surface area contributed by atoms with Crippen LogP contribution >= 0.6 is 11.6 Å². The van der Waals surface area contributed by atoms with Crippen LogP contribution in [0, 0.1) is 10.1 Å². The van der Waals surface area contributed by atoms with Crippen LogP contribution < -0.4 is 4.74 Å². The van der Waals surface area contributed by atoms with Crippen LogP contribution in [0.5, 0.6) is 5.75 Å². The third kappa shape index (κ3) is 4.07. The largest absolute Gasteiger partial charge is 0.484 e. The monoisotopic (exact) mass is 307 g/mol. The number of benzene rings is 1. The molecule has 0 aliphatic heterocycles. The lowest BCUT2D eigenvalue weighted by atomic mass is 10.3. The minimum Gasteiger partial charge on any atom is -0.484 e. The number of nitrogens with zero attached hydrogens (tertiary/aromatic N) is 1. The van der Waals surface area contributed by atoms with E-state index in [1.807, 2.05) is 0 Å². The fourth-order valence-corrected chi connectivity index (χ4v) is 3.02. The summed E-state index contributed by atoms with van der Waals surface area (Å²) in [5, 5.41) is 10.8. The molecule has 0 heterocycles. The van der Waals surface area contributed by atoms with E-state index in [2.05, 4.69) is 0 Å². The Hall–Kier alpha value is -1.34. The summed E-state index contributed by atoms with van der Waals surface area (Å²) in [4.78, 5) is 10.2. The summed E-state index contributed by atoms with van der Waals surface area (Å²) in [5.41, 5.74) is -0.265. The first-order chi connectivity index (χ1) is 8.77. The van der Waals surface area contributed by atoms with Gasteiger partial charge in [-0.25, -0.2) is 8.42 Å². The maximum atomic E-state index is 11.8. The molecule has 19 heavy (non-hydrogen) atoms. The minimum atomic E-state index is -3.55. The van der Waals surface area contributed by atoms with Crippen LogP contribution in [0.25, 0.3) is 0 Å². The minimum absolute atomic E-state index is 0.0330. The first kappa shape index (κ1) is 15.7. The van der Waals surface area contributed by atoms with Gasteiger partial charge in [0.2, 0.25) is 0 Å². The van der Waals surface area contributed by atoms with Crippen molar-refractivity contribution in [1.82, 2.24) is 0 Å². The highest BCUT2D eigenvalue weighted by Gasteiger charge is 2.21. The SMILES string of the molecule is CC(C)Oc1cc(S(=O)(=O)CCCl)ccc1[N+](=O)[O-]. The molecule has 0 N–H and O–H groups in total. The van der Waals surface area contributed by atoms with Crippen LogP contribution in [0.2, 0.25) is 0 Å². The van der Waals surface area contributed by atoms with Crippen LogP contribution in [0.4, 0.5) is 5.69 Å². The lowest BCUT2D eigenvalue weighted by Crippen LogP contribution is -2.11. The molecule has 0 amide bonds. The maximum Gasteiger partial charge on any atom is 0.311 e. The summed E-state index contributed by atoms with van der Waals surface area (Å²) in [7, 11) is -3.55. The van der Waals surface area contributed by atoms with Gasteiger partial charge in [0.15, 0.2) is 15.6 Å². The van der Waals surface area contributed by atoms with Gasteiger partial charge in [-0.05, 0) is 19.9 Å². The molecule has 0 atom stereocenters. The van der Waals surface area contributed by atoms with E-state index < -0.39 is 14.8 Å². The van der Waals surface area contributed by atoms with E-state index in [1.165, 1.54) is 12.1 Å². The smallest absolute Gasteiger partial charge is 0.311 e. The molecule has 0 radical (unpaired) electrons. The Morgan fingerprint density at radius 1 is 1.42 bits per heavy atom. The number of sulfone groups is 1. The second kappa shape index (κ2) is 6.21. The quantitative estimate of drug-likeness (QED) is 0.457. The van der Waals surface area contributed by atoms with Crippen molar-refractivity contribution in [1.29, 1.82) is 0 Å². The second-order valence-corrected chi connectivity index (χ2v) is 6.55. The number of nitro benzene ring substituents is 1. The highest BCUT2D eigenvalue weighted by atomic mass is 35.5. The third-order valence-electron chi connectivity index (χ3n) is 2.20. The van der Waals surface area contributed by atoms with Gasteiger partial charge in [0.1, 0.15) is 0 Å². The number of nitro groups is 1. The van der Waals surface area contributed by atoms with Gasteiger partial charge < -0.3 is 4.74 Å². The van der Waals surface area contributed by atoms with Crippen molar-refractivity contribution >= 4 is 27.1 Å². The van der Waals surface area contributed by atoms with Crippen LogP contribution in [0.15, 0.2) is 23.1 Å². The zero-order valence-corrected chi connectivity index (χ0v) is 12.1. The normalized spacial score (nSPS) is 11.6. The van der Waals surface area contributed by atoms with Crippen LogP contribution in [0.1, 0.15) is 13.8 Å². The van der Waals surface area contributed by atoms with Gasteiger partial charge in [0, 0.05) is 18.0 Å². The van der Waals surface area contributed by atoms with Crippen molar-refractivity contribution in [3.05, 3.63) is 28.3 Å². The van der Waals surface area contributed by atoms with Gasteiger partial charge in [0.25, 0.3) is 0 Å². The molecule has 0 aromatic heterocycles. The van der Waals surface area contributed by atoms with Gasteiger partial charge in [-0.3, -0.25) is 10.1 Å². The summed E-state index contributed by atoms with van der Waals surface area (Å²) in [6.07, 6.45) is -0.301. The Balaban J connectivity index is 3.29. The van der Waals surface area contributed by atoms with Gasteiger partial charge in [-0.1, -0.05) is 0 Å². The highest BCUT2D eigenvalue weighted by Crippen LogP contribution is 2.30. The molecule has 0 spiro atoms. The molecule has 0 aliphatic rings. The van der Waals surface area contributed by atoms with Gasteiger partial charge in [0.05, 0.1) is 21.7 Å². The van der Waals surface area contributed by atoms with Crippen molar-refractivity contribution in [2.45, 2.75) is 24.8 Å². The van der Waals surface area contributed by atoms with E-state index in [0.29, 0.717) is 0 Å². The van der Waals surface area contributed by atoms with E-state index in [1.54, 1.807) is 13.8 Å². The van der Waals surface area contributed by atoms with E-state index in [4.69, 9.17) is 16.3 Å². The highest BCUT2D eigenvalue weighted by molar-refractivity contribution is 7.91. The van der Waals surface area contributed by atoms with Crippen molar-refractivity contribution in [3.63, 3.8) is 0 Å². The van der Waals surface area contributed by atoms with Gasteiger partial charge >= 0.3 is 5.69 Å². The van der Waals surface area contributed by atoms with E-state index in [9.17, 15) is 18.5 Å². The average Bonchev–Trinajstić information content (AvgIpc) is 2.27. The Labute approximate surface area is 116 Å². The lowest BCUT2D eigenvalue weighted by Gasteiger charge is -2.11. The van der Waals surface area contributed by atoms with Crippen molar-refractivity contribution in [2.75, 3.05) is 11.6 Å². The second-order valence-electron chi connectivity index (χ2n) is 4.06. The molecule has 6 nitrogen and oxygen atoms in total. The molecule has 1 aromatic rings. The molecule has 8 heteroatoms. The van der Waals surface area contributed by atoms with Gasteiger partial charge in [-0.2, -0.15) is 0 Å². The standard InChI is InChI=1S/C11H14ClNO5S/c1-8(2)18-11-7-9(19(16,17)6-5-12)3-4-10(11)13(14)15/h3-4,7-8H,5-6H2,1-2H3. The first-order valence-electron chi connectivity index (χ1n) is 5.51. The zero-order valence-electron chi connectivity index (χ0n) is 10.5. The Bertz CT molecular complexity index is 570. The predicted octanol–water partition coefficient (Wildman–Crippen LogP) is 2.39. The molecular formula is C11H14ClNO5S.